The van der Waals surface area contributed by atoms with Crippen molar-refractivity contribution in [3.05, 3.63) is 43.7 Å². The van der Waals surface area contributed by atoms with Gasteiger partial charge in [-0.25, -0.2) is 0 Å². The van der Waals surface area contributed by atoms with E-state index in [-0.39, 0.29) is 81.2 Å². The molecule has 0 aliphatic heterocycles. The van der Waals surface area contributed by atoms with Crippen LogP contribution in [0.3, 0.4) is 0 Å². The summed E-state index contributed by atoms with van der Waals surface area (Å²) in [5, 5.41) is 89.0. The molecule has 6 amide bonds. The molecule has 0 saturated carbocycles. The molecule has 2 rings (SSSR count). The van der Waals surface area contributed by atoms with Gasteiger partial charge in [0.1, 0.15) is 0 Å². The zero-order valence-electron chi connectivity index (χ0n) is 30.4. The van der Waals surface area contributed by atoms with Crippen LogP contribution >= 0.6 is 136 Å². The highest BCUT2D eigenvalue weighted by molar-refractivity contribution is 14.1. The van der Waals surface area contributed by atoms with E-state index in [9.17, 15) is 69.6 Å². The fourth-order valence-electron chi connectivity index (χ4n) is 5.14. The molecule has 0 bridgehead atoms. The van der Waals surface area contributed by atoms with Crippen LogP contribution < -0.4 is 31.1 Å². The van der Waals surface area contributed by atoms with Crippen molar-refractivity contribution in [1.29, 1.82) is 0 Å². The fourth-order valence-corrected chi connectivity index (χ4v) is 14.7. The maximum atomic E-state index is 13.4. The van der Waals surface area contributed by atoms with E-state index in [0.717, 1.165) is 9.80 Å². The van der Waals surface area contributed by atoms with E-state index in [1.807, 2.05) is 0 Å². The van der Waals surface area contributed by atoms with Gasteiger partial charge in [0.25, 0.3) is 23.6 Å². The molecule has 0 aromatic heterocycles. The summed E-state index contributed by atoms with van der Waals surface area (Å²) < 4.78 is 1.06. The summed E-state index contributed by atoms with van der Waals surface area (Å²) in [5.74, 6) is -2.90. The van der Waals surface area contributed by atoms with Crippen molar-refractivity contribution in [2.24, 2.45) is 0 Å². The number of amides is 6. The minimum Gasteiger partial charge on any atom is -0.395 e. The number of hydrogen-bond donors (Lipinski definition) is 12. The van der Waals surface area contributed by atoms with Gasteiger partial charge in [-0.1, -0.05) is 0 Å². The lowest BCUT2D eigenvalue weighted by molar-refractivity contribution is -0.108. The summed E-state index contributed by atoms with van der Waals surface area (Å²) in [5.41, 5.74) is -0.109. The molecule has 26 heteroatoms. The van der Waals surface area contributed by atoms with Gasteiger partial charge in [0.2, 0.25) is 12.8 Å². The van der Waals surface area contributed by atoms with Crippen molar-refractivity contribution in [1.82, 2.24) is 21.3 Å². The molecule has 0 radical (unpaired) electrons. The van der Waals surface area contributed by atoms with E-state index in [1.54, 1.807) is 136 Å². The zero-order chi connectivity index (χ0) is 44.7. The van der Waals surface area contributed by atoms with E-state index < -0.39 is 94.0 Å². The van der Waals surface area contributed by atoms with Crippen LogP contribution in [0.1, 0.15) is 47.9 Å². The van der Waals surface area contributed by atoms with Crippen molar-refractivity contribution >= 4 is 183 Å². The van der Waals surface area contributed by atoms with Crippen LogP contribution in [-0.4, -0.2) is 167 Å². The summed E-state index contributed by atoms with van der Waals surface area (Å²) in [6.45, 7) is -4.01. The van der Waals surface area contributed by atoms with Gasteiger partial charge in [0.15, 0.2) is 0 Å². The van der Waals surface area contributed by atoms with Gasteiger partial charge in [-0.3, -0.25) is 28.8 Å². The highest BCUT2D eigenvalue weighted by Crippen LogP contribution is 2.39. The molecule has 0 saturated heterocycles. The highest BCUT2D eigenvalue weighted by atomic mass is 127. The topological polar surface area (TPSA) is 319 Å². The molecular formula is C33H40I6N6O14. The number of halogens is 6. The number of carbonyl (C=O) groups excluding carboxylic acids is 6. The maximum absolute atomic E-state index is 13.4. The predicted octanol–water partition coefficient (Wildman–Crippen LogP) is -1.34. The molecular weight excluding hydrogens is 1470 g/mol. The van der Waals surface area contributed by atoms with Gasteiger partial charge < -0.3 is 71.9 Å². The molecule has 0 fully saturated rings. The predicted molar refractivity (Wildman–Crippen MR) is 262 cm³/mol. The molecule has 0 spiro atoms. The Bertz CT molecular complexity index is 1730. The molecule has 59 heavy (non-hydrogen) atoms. The normalized spacial score (nSPS) is 13.1. The average Bonchev–Trinajstić information content (AvgIpc) is 3.18. The lowest BCUT2D eigenvalue weighted by Crippen LogP contribution is -2.40. The monoisotopic (exact) mass is 1510 g/mol. The lowest BCUT2D eigenvalue weighted by atomic mass is 10.0. The van der Waals surface area contributed by atoms with Gasteiger partial charge in [-0.2, -0.15) is 0 Å². The number of nitrogens with one attached hydrogen (secondary N) is 4. The SMILES string of the molecule is O=CN(CC(O)CC(O)CN(C=O)c1c(I)c(C(=O)NCCO)c(I)c(C(=O)NCC(O)CO)c1I)c1c(I)c(C(=O)NCCO)c(I)c(C(=O)NCC(O)CO)c1I. The maximum Gasteiger partial charge on any atom is 0.253 e. The number of aliphatic hydroxyl groups is 8. The molecule has 2 aromatic carbocycles. The highest BCUT2D eigenvalue weighted by Gasteiger charge is 2.33. The number of anilines is 2. The van der Waals surface area contributed by atoms with Gasteiger partial charge in [0.05, 0.1) is 112 Å². The van der Waals surface area contributed by atoms with E-state index in [4.69, 9.17) is 0 Å². The minimum atomic E-state index is -1.49. The lowest BCUT2D eigenvalue weighted by Gasteiger charge is -2.29. The second kappa shape index (κ2) is 26.8. The number of carbonyl (C=O) groups is 6. The van der Waals surface area contributed by atoms with E-state index in [2.05, 4.69) is 21.3 Å². The molecule has 0 aliphatic carbocycles. The van der Waals surface area contributed by atoms with Crippen LogP contribution in [0.4, 0.5) is 11.4 Å². The average molecular weight is 1510 g/mol. The summed E-state index contributed by atoms with van der Waals surface area (Å²) >= 11 is 10.8. The first-order valence-electron chi connectivity index (χ1n) is 17.0. The molecule has 12 N–H and O–H groups in total. The van der Waals surface area contributed by atoms with E-state index in [1.165, 1.54) is 0 Å². The Morgan fingerprint density at radius 2 is 0.780 bits per heavy atom. The number of benzene rings is 2. The third kappa shape index (κ3) is 14.7. The fraction of sp³-hybridized carbons (Fsp3) is 0.455. The van der Waals surface area contributed by atoms with Crippen molar-refractivity contribution < 1.29 is 69.6 Å². The summed E-state index contributed by atoms with van der Waals surface area (Å²) in [6.07, 6.45) is -5.32. The Morgan fingerprint density at radius 1 is 0.492 bits per heavy atom. The first-order chi connectivity index (χ1) is 27.9. The Morgan fingerprint density at radius 3 is 1.03 bits per heavy atom. The van der Waals surface area contributed by atoms with Gasteiger partial charge in [-0.05, 0) is 136 Å². The first-order valence-corrected chi connectivity index (χ1v) is 23.5. The Hall–Kier alpha value is -0.680. The smallest absolute Gasteiger partial charge is 0.253 e. The number of rotatable bonds is 24. The first kappa shape index (κ1) is 54.5. The molecule has 4 atom stereocenters. The number of aliphatic hydroxyl groups excluding tert-OH is 8. The molecule has 0 aliphatic rings. The van der Waals surface area contributed by atoms with Crippen LogP contribution in [0.2, 0.25) is 0 Å². The Labute approximate surface area is 419 Å². The summed E-state index contributed by atoms with van der Waals surface area (Å²) in [6, 6.07) is 0. The standard InChI is InChI=1S/C33H40I6N6O14/c34-22-18(30(56)40-1-3-46)24(36)28(26(38)20(22)32(58)42-6-16(54)10-48)44(12-50)8-14(52)5-15(53)9-45(13-51)29-25(37)19(31(57)41-2-4-47)23(35)21(27(29)39)33(59)43-7-17(55)11-49/h12-17,46-49,52-55H,1-11H2,(H,40,56)(H,41,57)(H,42,58)(H,43,59). The van der Waals surface area contributed by atoms with Crippen molar-refractivity contribution in [3.8, 4) is 0 Å². The molecule has 20 nitrogen and oxygen atoms in total. The van der Waals surface area contributed by atoms with Gasteiger partial charge >= 0.3 is 0 Å². The second-order valence-electron chi connectivity index (χ2n) is 12.2. The number of nitrogens with zero attached hydrogens (tertiary/aromatic N) is 2. The van der Waals surface area contributed by atoms with Crippen LogP contribution in [0.25, 0.3) is 0 Å². The Balaban J connectivity index is 2.56. The van der Waals surface area contributed by atoms with Crippen LogP contribution in [0, 0.1) is 21.4 Å². The molecule has 328 valence electrons. The minimum absolute atomic E-state index is 0.0327. The largest absolute Gasteiger partial charge is 0.395 e. The van der Waals surface area contributed by atoms with E-state index in [0.29, 0.717) is 12.8 Å². The van der Waals surface area contributed by atoms with Crippen molar-refractivity contribution in [2.75, 3.05) is 75.5 Å². The van der Waals surface area contributed by atoms with Gasteiger partial charge in [-0.15, -0.1) is 0 Å². The second-order valence-corrected chi connectivity index (χ2v) is 18.7. The van der Waals surface area contributed by atoms with E-state index >= 15 is 0 Å². The molecule has 0 heterocycles. The van der Waals surface area contributed by atoms with Crippen molar-refractivity contribution in [3.63, 3.8) is 0 Å². The third-order valence-electron chi connectivity index (χ3n) is 7.90. The quantitative estimate of drug-likeness (QED) is 0.0428. The van der Waals surface area contributed by atoms with Crippen LogP contribution in [0.15, 0.2) is 0 Å². The van der Waals surface area contributed by atoms with Gasteiger partial charge in [0, 0.05) is 39.7 Å². The number of hydrogen-bond acceptors (Lipinski definition) is 14. The third-order valence-corrected chi connectivity index (χ3v) is 14.3. The van der Waals surface area contributed by atoms with Crippen molar-refractivity contribution in [2.45, 2.75) is 30.8 Å². The zero-order valence-corrected chi connectivity index (χ0v) is 43.4. The summed E-state index contributed by atoms with van der Waals surface area (Å²) in [7, 11) is 0. The Kier molecular flexibility index (Phi) is 24.8. The molecule has 2 aromatic rings. The summed E-state index contributed by atoms with van der Waals surface area (Å²) in [4.78, 5) is 80.7. The van der Waals surface area contributed by atoms with Crippen LogP contribution in [0.5, 0.6) is 0 Å². The van der Waals surface area contributed by atoms with Crippen LogP contribution in [-0.2, 0) is 9.59 Å². The molecule has 4 unspecified atom stereocenters.